The Bertz CT molecular complexity index is 1100. The van der Waals surface area contributed by atoms with Gasteiger partial charge in [-0.2, -0.15) is 0 Å². The van der Waals surface area contributed by atoms with Crippen molar-refractivity contribution in [3.8, 4) is 5.75 Å². The molecular weight excluding hydrogens is 548 g/mol. The number of esters is 2. The molecule has 0 aliphatic carbocycles. The molecule has 172 valence electrons. The van der Waals surface area contributed by atoms with Crippen molar-refractivity contribution in [2.45, 2.75) is 33.5 Å². The van der Waals surface area contributed by atoms with Crippen molar-refractivity contribution < 1.29 is 24.2 Å². The summed E-state index contributed by atoms with van der Waals surface area (Å²) in [7, 11) is 0. The van der Waals surface area contributed by atoms with Gasteiger partial charge in [0.25, 0.3) is 11.3 Å². The number of fused-ring (bicyclic) bond motifs is 1. The zero-order valence-corrected chi connectivity index (χ0v) is 19.8. The third-order valence-electron chi connectivity index (χ3n) is 3.66. The minimum Gasteiger partial charge on any atom is -0.507 e. The van der Waals surface area contributed by atoms with Crippen LogP contribution < -0.4 is 11.3 Å². The highest BCUT2D eigenvalue weighted by molar-refractivity contribution is 9.10. The number of nitrogens with two attached hydrogens (primary N) is 1. The van der Waals surface area contributed by atoms with Crippen LogP contribution in [0.5, 0.6) is 5.75 Å². The number of benzene rings is 2. The second kappa shape index (κ2) is 11.7. The van der Waals surface area contributed by atoms with Crippen LogP contribution in [-0.4, -0.2) is 27.8 Å². The number of rotatable bonds is 0. The number of nitrogens with one attached hydrogen (secondary N) is 1. The molecule has 1 aromatic heterocycles. The molecule has 0 amide bonds. The van der Waals surface area contributed by atoms with Crippen molar-refractivity contribution in [2.75, 3.05) is 5.73 Å². The van der Waals surface area contributed by atoms with E-state index < -0.39 is 17.7 Å². The van der Waals surface area contributed by atoms with E-state index >= 15 is 0 Å². The topological polar surface area (TPSA) is 132 Å². The molecule has 4 rings (SSSR count). The average Bonchev–Trinajstić information content (AvgIpc) is 2.64. The molecule has 10 heteroatoms. The molecule has 1 fully saturated rings. The predicted molar refractivity (Wildman–Crippen MR) is 130 cm³/mol. The standard InChI is InChI=1S/C9H6BrNO2.C6H6BrN.C6H8O4.CH4/c10-5-1-2-7-6(3-5)8(12)4-9(13)11-7;7-5-1-3-6(8)4-2-5;1-6(2)9-4(7)3-5(8)10-6;/h1-4H,(H2,11,12,13);1-4H,8H2;3H2,1-2H3;1H4. The number of aromatic hydroxyl groups is 1. The summed E-state index contributed by atoms with van der Waals surface area (Å²) in [6.07, 6.45) is -0.274. The third kappa shape index (κ3) is 8.72. The molecule has 2 aromatic carbocycles. The summed E-state index contributed by atoms with van der Waals surface area (Å²) in [4.78, 5) is 34.7. The van der Waals surface area contributed by atoms with E-state index in [1.807, 2.05) is 24.3 Å². The minimum atomic E-state index is -1.08. The molecule has 2 heterocycles. The van der Waals surface area contributed by atoms with E-state index in [1.54, 1.807) is 18.2 Å². The number of H-pyrrole nitrogens is 1. The SMILES string of the molecule is C.CC1(C)OC(=O)CC(=O)O1.Nc1ccc(Br)cc1.O=c1cc(O)c2cc(Br)ccc2[nH]1. The summed E-state index contributed by atoms with van der Waals surface area (Å²) >= 11 is 6.57. The number of aromatic amines is 1. The van der Waals surface area contributed by atoms with Crippen LogP contribution in [0.15, 0.2) is 62.3 Å². The smallest absolute Gasteiger partial charge is 0.320 e. The molecule has 1 aliphatic rings. The van der Waals surface area contributed by atoms with Gasteiger partial charge < -0.3 is 25.3 Å². The van der Waals surface area contributed by atoms with Crippen molar-refractivity contribution in [3.63, 3.8) is 0 Å². The number of hydrogen-bond donors (Lipinski definition) is 3. The van der Waals surface area contributed by atoms with Gasteiger partial charge in [-0.05, 0) is 42.5 Å². The number of aromatic nitrogens is 1. The first kappa shape index (κ1) is 27.2. The minimum absolute atomic E-state index is 0. The quantitative estimate of drug-likeness (QED) is 0.199. The summed E-state index contributed by atoms with van der Waals surface area (Å²) in [5, 5.41) is 10.1. The normalized spacial score (nSPS) is 13.9. The first-order chi connectivity index (χ1) is 14.4. The van der Waals surface area contributed by atoms with Crippen molar-refractivity contribution in [2.24, 2.45) is 0 Å². The van der Waals surface area contributed by atoms with Crippen LogP contribution in [-0.2, 0) is 19.1 Å². The number of hydrogen-bond acceptors (Lipinski definition) is 7. The third-order valence-corrected chi connectivity index (χ3v) is 4.68. The van der Waals surface area contributed by atoms with Crippen molar-refractivity contribution >= 4 is 60.4 Å². The molecule has 0 spiro atoms. The molecule has 0 atom stereocenters. The van der Waals surface area contributed by atoms with Gasteiger partial charge in [0, 0.05) is 39.9 Å². The van der Waals surface area contributed by atoms with Crippen molar-refractivity contribution in [1.82, 2.24) is 4.98 Å². The molecule has 1 saturated heterocycles. The van der Waals surface area contributed by atoms with Gasteiger partial charge in [0.1, 0.15) is 12.2 Å². The Kier molecular flexibility index (Phi) is 9.92. The van der Waals surface area contributed by atoms with Crippen LogP contribution in [0.4, 0.5) is 5.69 Å². The molecule has 4 N–H and O–H groups in total. The number of carbonyl (C=O) groups is 2. The molecule has 0 radical (unpaired) electrons. The second-order valence-corrected chi connectivity index (χ2v) is 8.62. The van der Waals surface area contributed by atoms with Gasteiger partial charge in [0.05, 0.1) is 5.52 Å². The Morgan fingerprint density at radius 1 is 0.938 bits per heavy atom. The monoisotopic (exact) mass is 570 g/mol. The Morgan fingerprint density at radius 2 is 1.47 bits per heavy atom. The van der Waals surface area contributed by atoms with Crippen LogP contribution >= 0.6 is 31.9 Å². The van der Waals surface area contributed by atoms with Crippen LogP contribution in [0, 0.1) is 0 Å². The molecule has 0 bridgehead atoms. The maximum absolute atomic E-state index is 11.0. The molecular formula is C22H24Br2N2O6. The van der Waals surface area contributed by atoms with E-state index in [-0.39, 0.29) is 25.2 Å². The van der Waals surface area contributed by atoms with Crippen LogP contribution in [0.3, 0.4) is 0 Å². The fourth-order valence-corrected chi connectivity index (χ4v) is 3.06. The number of cyclic esters (lactones) is 2. The number of anilines is 1. The summed E-state index contributed by atoms with van der Waals surface area (Å²) in [5.74, 6) is -2.13. The van der Waals surface area contributed by atoms with Gasteiger partial charge >= 0.3 is 11.9 Å². The summed E-state index contributed by atoms with van der Waals surface area (Å²) in [5.41, 5.74) is 6.54. The Hall–Kier alpha value is -2.85. The lowest BCUT2D eigenvalue weighted by atomic mass is 10.2. The first-order valence-electron chi connectivity index (χ1n) is 8.91. The molecule has 8 nitrogen and oxygen atoms in total. The van der Waals surface area contributed by atoms with Crippen LogP contribution in [0.2, 0.25) is 0 Å². The molecule has 32 heavy (non-hydrogen) atoms. The highest BCUT2D eigenvalue weighted by atomic mass is 79.9. The lowest BCUT2D eigenvalue weighted by Gasteiger charge is -2.28. The summed E-state index contributed by atoms with van der Waals surface area (Å²) in [6.45, 7) is 3.03. The number of carbonyl (C=O) groups excluding carboxylic acids is 2. The number of nitrogen functional groups attached to an aromatic ring is 1. The Labute approximate surface area is 202 Å². The zero-order chi connectivity index (χ0) is 23.2. The maximum Gasteiger partial charge on any atom is 0.320 e. The lowest BCUT2D eigenvalue weighted by molar-refractivity contribution is -0.231. The van der Waals surface area contributed by atoms with Crippen LogP contribution in [0.25, 0.3) is 10.9 Å². The maximum atomic E-state index is 11.0. The molecule has 3 aromatic rings. The molecule has 0 unspecified atom stereocenters. The lowest BCUT2D eigenvalue weighted by Crippen LogP contribution is -2.39. The summed E-state index contributed by atoms with van der Waals surface area (Å²) in [6, 6.07) is 14.0. The number of halogens is 2. The van der Waals surface area contributed by atoms with Gasteiger partial charge in [-0.1, -0.05) is 39.3 Å². The van der Waals surface area contributed by atoms with Crippen molar-refractivity contribution in [1.29, 1.82) is 0 Å². The van der Waals surface area contributed by atoms with E-state index in [0.717, 1.165) is 20.7 Å². The second-order valence-electron chi connectivity index (χ2n) is 6.79. The first-order valence-corrected chi connectivity index (χ1v) is 10.5. The number of ether oxygens (including phenoxy) is 2. The number of pyridine rings is 1. The fraction of sp³-hybridized carbons (Fsp3) is 0.227. The highest BCUT2D eigenvalue weighted by Gasteiger charge is 2.34. The zero-order valence-electron chi connectivity index (χ0n) is 16.6. The van der Waals surface area contributed by atoms with Gasteiger partial charge in [-0.3, -0.25) is 14.4 Å². The van der Waals surface area contributed by atoms with Gasteiger partial charge in [-0.15, -0.1) is 0 Å². The van der Waals surface area contributed by atoms with Crippen LogP contribution in [0.1, 0.15) is 27.7 Å². The average molecular weight is 572 g/mol. The van der Waals surface area contributed by atoms with Gasteiger partial charge in [-0.25, -0.2) is 0 Å². The van der Waals surface area contributed by atoms with Crippen molar-refractivity contribution in [3.05, 3.63) is 67.8 Å². The fourth-order valence-electron chi connectivity index (χ4n) is 2.43. The predicted octanol–water partition coefficient (Wildman–Crippen LogP) is 4.88. The van der Waals surface area contributed by atoms with E-state index in [1.165, 1.54) is 13.8 Å². The Morgan fingerprint density at radius 3 is 1.97 bits per heavy atom. The van der Waals surface area contributed by atoms with Gasteiger partial charge in [0.15, 0.2) is 0 Å². The van der Waals surface area contributed by atoms with E-state index in [4.69, 9.17) is 5.73 Å². The molecule has 0 saturated carbocycles. The van der Waals surface area contributed by atoms with E-state index in [2.05, 4.69) is 46.3 Å². The van der Waals surface area contributed by atoms with Gasteiger partial charge in [0.2, 0.25) is 0 Å². The summed E-state index contributed by atoms with van der Waals surface area (Å²) < 4.78 is 11.2. The highest BCUT2D eigenvalue weighted by Crippen LogP contribution is 2.24. The van der Waals surface area contributed by atoms with E-state index in [9.17, 15) is 19.5 Å². The Balaban J connectivity index is 0.000000244. The molecule has 1 aliphatic heterocycles. The largest absolute Gasteiger partial charge is 0.507 e. The van der Waals surface area contributed by atoms with E-state index in [0.29, 0.717) is 10.9 Å².